The molecule has 110 valence electrons. The number of rotatable bonds is 6. The van der Waals surface area contributed by atoms with Gasteiger partial charge in [0.05, 0.1) is 22.9 Å². The van der Waals surface area contributed by atoms with E-state index in [2.05, 4.69) is 48.9 Å². The molecule has 3 aromatic rings. The van der Waals surface area contributed by atoms with Crippen LogP contribution < -0.4 is 5.32 Å². The third kappa shape index (κ3) is 3.71. The van der Waals surface area contributed by atoms with Crippen molar-refractivity contribution < 1.29 is 0 Å². The van der Waals surface area contributed by atoms with Gasteiger partial charge in [0.1, 0.15) is 5.65 Å². The highest BCUT2D eigenvalue weighted by atomic mass is 79.9. The quantitative estimate of drug-likeness (QED) is 0.745. The Morgan fingerprint density at radius 1 is 1.33 bits per heavy atom. The SMILES string of the molecule is CC(Cn1cc(Br)cn1)NCCc1cn2ccccc2n1. The molecule has 3 rings (SSSR count). The normalized spacial score (nSPS) is 12.9. The average molecular weight is 348 g/mol. The summed E-state index contributed by atoms with van der Waals surface area (Å²) < 4.78 is 5.01. The Morgan fingerprint density at radius 2 is 2.24 bits per heavy atom. The molecule has 3 aromatic heterocycles. The lowest BCUT2D eigenvalue weighted by Crippen LogP contribution is -2.32. The molecule has 0 fully saturated rings. The number of hydrogen-bond acceptors (Lipinski definition) is 3. The lowest BCUT2D eigenvalue weighted by molar-refractivity contribution is 0.453. The Morgan fingerprint density at radius 3 is 3.00 bits per heavy atom. The number of imidazole rings is 1. The zero-order valence-corrected chi connectivity index (χ0v) is 13.5. The van der Waals surface area contributed by atoms with Crippen molar-refractivity contribution in [2.75, 3.05) is 6.54 Å². The van der Waals surface area contributed by atoms with Gasteiger partial charge in [0.2, 0.25) is 0 Å². The largest absolute Gasteiger partial charge is 0.312 e. The molecule has 0 radical (unpaired) electrons. The lowest BCUT2D eigenvalue weighted by Gasteiger charge is -2.13. The monoisotopic (exact) mass is 347 g/mol. The molecule has 6 heteroatoms. The summed E-state index contributed by atoms with van der Waals surface area (Å²) in [5.41, 5.74) is 2.12. The number of fused-ring (bicyclic) bond motifs is 1. The van der Waals surface area contributed by atoms with Crippen molar-refractivity contribution in [2.24, 2.45) is 0 Å². The van der Waals surface area contributed by atoms with Crippen molar-refractivity contribution in [3.8, 4) is 0 Å². The summed E-state index contributed by atoms with van der Waals surface area (Å²) >= 11 is 3.41. The molecule has 0 saturated heterocycles. The minimum Gasteiger partial charge on any atom is -0.312 e. The average Bonchev–Trinajstić information content (AvgIpc) is 3.04. The van der Waals surface area contributed by atoms with Gasteiger partial charge in [-0.2, -0.15) is 5.10 Å². The van der Waals surface area contributed by atoms with Crippen LogP contribution in [0.3, 0.4) is 0 Å². The molecule has 1 N–H and O–H groups in total. The van der Waals surface area contributed by atoms with E-state index in [1.165, 1.54) is 0 Å². The van der Waals surface area contributed by atoms with Crippen LogP contribution >= 0.6 is 15.9 Å². The standard InChI is InChI=1S/C15H18BrN5/c1-12(9-21-10-13(16)8-18-21)17-6-5-14-11-20-7-3-2-4-15(20)19-14/h2-4,7-8,10-12,17H,5-6,9H2,1H3. The fourth-order valence-electron chi connectivity index (χ4n) is 2.34. The fraction of sp³-hybridized carbons (Fsp3) is 0.333. The molecule has 0 aromatic carbocycles. The van der Waals surface area contributed by atoms with Crippen LogP contribution in [0.2, 0.25) is 0 Å². The Hall–Kier alpha value is -1.66. The third-order valence-electron chi connectivity index (χ3n) is 3.35. The number of halogens is 1. The Labute approximate surface area is 132 Å². The molecule has 1 unspecified atom stereocenters. The summed E-state index contributed by atoms with van der Waals surface area (Å²) in [7, 11) is 0. The summed E-state index contributed by atoms with van der Waals surface area (Å²) in [6.07, 6.45) is 8.84. The van der Waals surface area contributed by atoms with E-state index in [0.717, 1.165) is 35.3 Å². The van der Waals surface area contributed by atoms with Gasteiger partial charge in [-0.05, 0) is 35.0 Å². The molecule has 0 saturated carbocycles. The van der Waals surface area contributed by atoms with Crippen molar-refractivity contribution in [3.63, 3.8) is 0 Å². The minimum absolute atomic E-state index is 0.369. The molecule has 0 amide bonds. The first-order chi connectivity index (χ1) is 10.2. The smallest absolute Gasteiger partial charge is 0.136 e. The predicted molar refractivity (Wildman–Crippen MR) is 86.3 cm³/mol. The first-order valence-electron chi connectivity index (χ1n) is 7.04. The number of nitrogens with zero attached hydrogens (tertiary/aromatic N) is 4. The maximum Gasteiger partial charge on any atom is 0.136 e. The first kappa shape index (κ1) is 14.3. The molecule has 0 aliphatic heterocycles. The molecule has 0 aliphatic carbocycles. The van der Waals surface area contributed by atoms with E-state index in [9.17, 15) is 0 Å². The van der Waals surface area contributed by atoms with E-state index in [0.29, 0.717) is 6.04 Å². The summed E-state index contributed by atoms with van der Waals surface area (Å²) in [5.74, 6) is 0. The summed E-state index contributed by atoms with van der Waals surface area (Å²) in [4.78, 5) is 4.60. The molecule has 5 nitrogen and oxygen atoms in total. The predicted octanol–water partition coefficient (Wildman–Crippen LogP) is 2.51. The van der Waals surface area contributed by atoms with Crippen LogP contribution in [0.25, 0.3) is 5.65 Å². The second-order valence-electron chi connectivity index (χ2n) is 5.18. The van der Waals surface area contributed by atoms with E-state index in [4.69, 9.17) is 0 Å². The van der Waals surface area contributed by atoms with Gasteiger partial charge in [0, 0.05) is 37.6 Å². The van der Waals surface area contributed by atoms with Crippen LogP contribution in [0, 0.1) is 0 Å². The zero-order chi connectivity index (χ0) is 14.7. The highest BCUT2D eigenvalue weighted by Crippen LogP contribution is 2.07. The second-order valence-corrected chi connectivity index (χ2v) is 6.10. The molecule has 0 bridgehead atoms. The third-order valence-corrected chi connectivity index (χ3v) is 3.76. The topological polar surface area (TPSA) is 47.2 Å². The highest BCUT2D eigenvalue weighted by molar-refractivity contribution is 9.10. The van der Waals surface area contributed by atoms with Gasteiger partial charge in [-0.15, -0.1) is 0 Å². The number of aromatic nitrogens is 4. The van der Waals surface area contributed by atoms with Gasteiger partial charge < -0.3 is 9.72 Å². The number of nitrogens with one attached hydrogen (secondary N) is 1. The van der Waals surface area contributed by atoms with Crippen molar-refractivity contribution in [2.45, 2.75) is 25.9 Å². The molecule has 0 spiro atoms. The molecule has 1 atom stereocenters. The van der Waals surface area contributed by atoms with Gasteiger partial charge in [-0.1, -0.05) is 6.07 Å². The van der Waals surface area contributed by atoms with Crippen LogP contribution in [0.1, 0.15) is 12.6 Å². The van der Waals surface area contributed by atoms with Gasteiger partial charge >= 0.3 is 0 Å². The molecule has 3 heterocycles. The van der Waals surface area contributed by atoms with Crippen molar-refractivity contribution in [1.29, 1.82) is 0 Å². The highest BCUT2D eigenvalue weighted by Gasteiger charge is 2.05. The lowest BCUT2D eigenvalue weighted by atomic mass is 10.3. The van der Waals surface area contributed by atoms with Crippen LogP contribution in [0.5, 0.6) is 0 Å². The Bertz CT molecular complexity index is 685. The van der Waals surface area contributed by atoms with E-state index in [1.54, 1.807) is 0 Å². The van der Waals surface area contributed by atoms with Crippen molar-refractivity contribution in [3.05, 3.63) is 53.2 Å². The minimum atomic E-state index is 0.369. The van der Waals surface area contributed by atoms with E-state index in [1.807, 2.05) is 41.5 Å². The molecule has 21 heavy (non-hydrogen) atoms. The van der Waals surface area contributed by atoms with Crippen LogP contribution in [-0.2, 0) is 13.0 Å². The maximum absolute atomic E-state index is 4.60. The summed E-state index contributed by atoms with van der Waals surface area (Å²) in [5, 5.41) is 7.77. The Kier molecular flexibility index (Phi) is 4.36. The second kappa shape index (κ2) is 6.41. The molecule has 0 aliphatic rings. The van der Waals surface area contributed by atoms with E-state index >= 15 is 0 Å². The van der Waals surface area contributed by atoms with Gasteiger partial charge in [-0.3, -0.25) is 4.68 Å². The van der Waals surface area contributed by atoms with Crippen molar-refractivity contribution >= 4 is 21.6 Å². The summed E-state index contributed by atoms with van der Waals surface area (Å²) in [6.45, 7) is 3.93. The zero-order valence-electron chi connectivity index (χ0n) is 11.9. The fourth-order valence-corrected chi connectivity index (χ4v) is 2.67. The van der Waals surface area contributed by atoms with Crippen molar-refractivity contribution in [1.82, 2.24) is 24.5 Å². The molecular weight excluding hydrogens is 330 g/mol. The first-order valence-corrected chi connectivity index (χ1v) is 7.84. The van der Waals surface area contributed by atoms with E-state index < -0.39 is 0 Å². The Balaban J connectivity index is 1.49. The number of hydrogen-bond donors (Lipinski definition) is 1. The molecular formula is C15H18BrN5. The van der Waals surface area contributed by atoms with Gasteiger partial charge in [0.25, 0.3) is 0 Å². The van der Waals surface area contributed by atoms with Crippen LogP contribution in [-0.4, -0.2) is 31.8 Å². The van der Waals surface area contributed by atoms with Crippen LogP contribution in [0.4, 0.5) is 0 Å². The number of pyridine rings is 1. The van der Waals surface area contributed by atoms with E-state index in [-0.39, 0.29) is 0 Å². The van der Waals surface area contributed by atoms with Gasteiger partial charge in [0.15, 0.2) is 0 Å². The maximum atomic E-state index is 4.60. The van der Waals surface area contributed by atoms with Crippen LogP contribution in [0.15, 0.2) is 47.5 Å². The van der Waals surface area contributed by atoms with Gasteiger partial charge in [-0.25, -0.2) is 4.98 Å². The summed E-state index contributed by atoms with van der Waals surface area (Å²) in [6, 6.07) is 6.42.